The van der Waals surface area contributed by atoms with Crippen LogP contribution in [0.2, 0.25) is 5.02 Å². The third-order valence-corrected chi connectivity index (χ3v) is 3.54. The molecule has 0 aromatic heterocycles. The normalized spacial score (nSPS) is 9.90. The lowest BCUT2D eigenvalue weighted by atomic mass is 10.1. The Morgan fingerprint density at radius 1 is 1.29 bits per heavy atom. The first kappa shape index (κ1) is 20.0. The van der Waals surface area contributed by atoms with E-state index in [1.54, 1.807) is 31.2 Å². The number of rotatable bonds is 8. The number of halogens is 2. The molecule has 0 aliphatic carbocycles. The fourth-order valence-corrected chi connectivity index (χ4v) is 2.20. The predicted octanol–water partition coefficient (Wildman–Crippen LogP) is 3.64. The maximum atomic E-state index is 12.1. The molecule has 0 unspecified atom stereocenters. The van der Waals surface area contributed by atoms with E-state index in [9.17, 15) is 4.79 Å². The van der Waals surface area contributed by atoms with Crippen LogP contribution in [0.4, 0.5) is 5.69 Å². The van der Waals surface area contributed by atoms with E-state index < -0.39 is 0 Å². The van der Waals surface area contributed by atoms with E-state index >= 15 is 0 Å². The first-order valence-electron chi connectivity index (χ1n) is 6.90. The summed E-state index contributed by atoms with van der Waals surface area (Å²) in [5.41, 5.74) is 6.22. The number of unbranched alkanes of at least 4 members (excludes halogenated alkanes) is 3. The first-order valence-corrected chi connectivity index (χ1v) is 7.28. The van der Waals surface area contributed by atoms with Crippen LogP contribution in [-0.2, 0) is 4.79 Å². The molecule has 0 heterocycles. The summed E-state index contributed by atoms with van der Waals surface area (Å²) in [6.07, 6.45) is 4.60. The number of carbonyl (C=O) groups is 1. The van der Waals surface area contributed by atoms with Gasteiger partial charge >= 0.3 is 0 Å². The highest BCUT2D eigenvalue weighted by Gasteiger charge is 2.12. The largest absolute Gasteiger partial charge is 0.495 e. The van der Waals surface area contributed by atoms with Gasteiger partial charge in [0.05, 0.1) is 12.1 Å². The van der Waals surface area contributed by atoms with Gasteiger partial charge in [0.2, 0.25) is 5.91 Å². The molecule has 4 nitrogen and oxygen atoms in total. The van der Waals surface area contributed by atoms with Gasteiger partial charge in [-0.1, -0.05) is 24.4 Å². The molecule has 0 aliphatic rings. The van der Waals surface area contributed by atoms with Crippen molar-refractivity contribution >= 4 is 35.6 Å². The Morgan fingerprint density at radius 2 is 1.95 bits per heavy atom. The monoisotopic (exact) mass is 334 g/mol. The molecular formula is C15H24Cl2N2O2. The van der Waals surface area contributed by atoms with E-state index in [2.05, 4.69) is 0 Å². The Balaban J connectivity index is 0.00000400. The lowest BCUT2D eigenvalue weighted by Crippen LogP contribution is -2.25. The van der Waals surface area contributed by atoms with Crippen LogP contribution in [0.3, 0.4) is 0 Å². The van der Waals surface area contributed by atoms with Crippen molar-refractivity contribution in [2.75, 3.05) is 25.6 Å². The van der Waals surface area contributed by atoms with Crippen molar-refractivity contribution in [2.24, 2.45) is 5.73 Å². The van der Waals surface area contributed by atoms with E-state index in [1.807, 2.05) is 6.07 Å². The van der Waals surface area contributed by atoms with Gasteiger partial charge < -0.3 is 15.4 Å². The summed E-state index contributed by atoms with van der Waals surface area (Å²) < 4.78 is 5.10. The Hall–Kier alpha value is -0.970. The van der Waals surface area contributed by atoms with Crippen LogP contribution >= 0.6 is 24.0 Å². The Morgan fingerprint density at radius 3 is 2.52 bits per heavy atom. The molecule has 0 saturated heterocycles. The minimum absolute atomic E-state index is 0. The molecule has 0 saturated carbocycles. The Bertz CT molecular complexity index is 442. The molecule has 21 heavy (non-hydrogen) atoms. The highest BCUT2D eigenvalue weighted by Crippen LogP contribution is 2.29. The summed E-state index contributed by atoms with van der Waals surface area (Å²) in [6, 6.07) is 5.34. The maximum absolute atomic E-state index is 12.1. The van der Waals surface area contributed by atoms with Gasteiger partial charge in [0.1, 0.15) is 5.75 Å². The molecule has 1 aromatic carbocycles. The third kappa shape index (κ3) is 6.55. The van der Waals surface area contributed by atoms with Crippen molar-refractivity contribution in [1.29, 1.82) is 0 Å². The average molecular weight is 335 g/mol. The molecule has 1 rings (SSSR count). The molecule has 0 bridgehead atoms. The molecular weight excluding hydrogens is 311 g/mol. The molecule has 0 fully saturated rings. The number of carbonyl (C=O) groups excluding carboxylic acids is 1. The van der Waals surface area contributed by atoms with Crippen molar-refractivity contribution in [3.63, 3.8) is 0 Å². The van der Waals surface area contributed by atoms with E-state index in [1.165, 1.54) is 0 Å². The van der Waals surface area contributed by atoms with Gasteiger partial charge in [-0.2, -0.15) is 0 Å². The standard InChI is InChI=1S/C15H23ClN2O2.ClH/c1-18(15(19)7-5-3-4-6-10-17)12-8-9-14(20-2)13(16)11-12;/h8-9,11H,3-7,10,17H2,1-2H3;1H. The molecule has 0 aliphatic heterocycles. The van der Waals surface area contributed by atoms with Crippen LogP contribution < -0.4 is 15.4 Å². The van der Waals surface area contributed by atoms with Crippen molar-refractivity contribution in [3.05, 3.63) is 23.2 Å². The number of hydrogen-bond donors (Lipinski definition) is 1. The third-order valence-electron chi connectivity index (χ3n) is 3.24. The van der Waals surface area contributed by atoms with Crippen molar-refractivity contribution < 1.29 is 9.53 Å². The number of anilines is 1. The van der Waals surface area contributed by atoms with Gasteiger partial charge in [-0.05, 0) is 37.6 Å². The van der Waals surface area contributed by atoms with Crippen LogP contribution in [0.5, 0.6) is 5.75 Å². The molecule has 120 valence electrons. The highest BCUT2D eigenvalue weighted by molar-refractivity contribution is 6.32. The maximum Gasteiger partial charge on any atom is 0.226 e. The van der Waals surface area contributed by atoms with Gasteiger partial charge in [0, 0.05) is 19.2 Å². The lowest BCUT2D eigenvalue weighted by molar-refractivity contribution is -0.118. The second-order valence-electron chi connectivity index (χ2n) is 4.72. The van der Waals surface area contributed by atoms with Crippen LogP contribution in [-0.4, -0.2) is 26.6 Å². The first-order chi connectivity index (χ1) is 9.60. The second-order valence-corrected chi connectivity index (χ2v) is 5.13. The number of hydrogen-bond acceptors (Lipinski definition) is 3. The minimum atomic E-state index is 0. The van der Waals surface area contributed by atoms with Gasteiger partial charge in [-0.3, -0.25) is 4.79 Å². The van der Waals surface area contributed by atoms with Crippen LogP contribution in [0.15, 0.2) is 18.2 Å². The molecule has 1 amide bonds. The fraction of sp³-hybridized carbons (Fsp3) is 0.533. The van der Waals surface area contributed by atoms with E-state index in [4.69, 9.17) is 22.1 Å². The number of nitrogens with zero attached hydrogens (tertiary/aromatic N) is 1. The summed E-state index contributed by atoms with van der Waals surface area (Å²) in [5.74, 6) is 0.706. The molecule has 1 aromatic rings. The van der Waals surface area contributed by atoms with Crippen molar-refractivity contribution in [1.82, 2.24) is 0 Å². The molecule has 0 atom stereocenters. The highest BCUT2D eigenvalue weighted by atomic mass is 35.5. The Labute approximate surface area is 138 Å². The van der Waals surface area contributed by atoms with E-state index in [0.717, 1.165) is 37.9 Å². The van der Waals surface area contributed by atoms with Gasteiger partial charge in [0.25, 0.3) is 0 Å². The smallest absolute Gasteiger partial charge is 0.226 e. The SMILES string of the molecule is COc1ccc(N(C)C(=O)CCCCCCN)cc1Cl.Cl. The van der Waals surface area contributed by atoms with Crippen molar-refractivity contribution in [3.8, 4) is 5.75 Å². The average Bonchev–Trinajstić information content (AvgIpc) is 2.46. The second kappa shape index (κ2) is 10.7. The van der Waals surface area contributed by atoms with E-state index in [-0.39, 0.29) is 18.3 Å². The van der Waals surface area contributed by atoms with Gasteiger partial charge in [0.15, 0.2) is 0 Å². The lowest BCUT2D eigenvalue weighted by Gasteiger charge is -2.18. The van der Waals surface area contributed by atoms with Gasteiger partial charge in [-0.15, -0.1) is 12.4 Å². The van der Waals surface area contributed by atoms with Crippen LogP contribution in [0.1, 0.15) is 32.1 Å². The number of methoxy groups -OCH3 is 1. The summed E-state index contributed by atoms with van der Waals surface area (Å²) in [7, 11) is 3.33. The quantitative estimate of drug-likeness (QED) is 0.738. The Kier molecular flexibility index (Phi) is 10.2. The zero-order valence-corrected chi connectivity index (χ0v) is 14.2. The van der Waals surface area contributed by atoms with Crippen LogP contribution in [0.25, 0.3) is 0 Å². The summed E-state index contributed by atoms with van der Waals surface area (Å²) >= 11 is 6.07. The number of ether oxygens (including phenoxy) is 1. The topological polar surface area (TPSA) is 55.6 Å². The zero-order valence-electron chi connectivity index (χ0n) is 12.6. The zero-order chi connectivity index (χ0) is 15.0. The molecule has 2 N–H and O–H groups in total. The number of benzene rings is 1. The minimum Gasteiger partial charge on any atom is -0.495 e. The van der Waals surface area contributed by atoms with Crippen molar-refractivity contribution in [2.45, 2.75) is 32.1 Å². The predicted molar refractivity (Wildman–Crippen MR) is 90.8 cm³/mol. The molecule has 0 spiro atoms. The summed E-state index contributed by atoms with van der Waals surface area (Å²) in [5, 5.41) is 0.507. The van der Waals surface area contributed by atoms with Crippen LogP contribution in [0, 0.1) is 0 Å². The molecule has 6 heteroatoms. The number of nitrogens with two attached hydrogens (primary N) is 1. The fourth-order valence-electron chi connectivity index (χ4n) is 1.95. The van der Waals surface area contributed by atoms with E-state index in [0.29, 0.717) is 17.2 Å². The summed E-state index contributed by atoms with van der Waals surface area (Å²) in [6.45, 7) is 0.720. The number of amides is 1. The molecule has 0 radical (unpaired) electrons. The summed E-state index contributed by atoms with van der Waals surface area (Å²) in [4.78, 5) is 13.7. The van der Waals surface area contributed by atoms with Gasteiger partial charge in [-0.25, -0.2) is 0 Å².